The van der Waals surface area contributed by atoms with E-state index in [0.29, 0.717) is 25.7 Å². The number of esters is 4. The van der Waals surface area contributed by atoms with Gasteiger partial charge in [-0.05, 0) is 43.4 Å². The number of phosphoric ester groups is 2. The summed E-state index contributed by atoms with van der Waals surface area (Å²) in [6, 6.07) is 0. The van der Waals surface area contributed by atoms with E-state index in [1.807, 2.05) is 0 Å². The van der Waals surface area contributed by atoms with Crippen molar-refractivity contribution in [2.75, 3.05) is 39.6 Å². The number of aliphatic hydroxyl groups is 1. The highest BCUT2D eigenvalue weighted by molar-refractivity contribution is 7.47. The minimum atomic E-state index is -4.97. The number of hydrogen-bond acceptors (Lipinski definition) is 15. The summed E-state index contributed by atoms with van der Waals surface area (Å²) >= 11 is 0. The Balaban J connectivity index is 5.22. The number of unbranched alkanes of at least 4 members (excludes halogenated alkanes) is 55. The Bertz CT molecular complexity index is 2120. The van der Waals surface area contributed by atoms with Crippen molar-refractivity contribution in [1.29, 1.82) is 0 Å². The molecule has 654 valence electrons. The van der Waals surface area contributed by atoms with E-state index < -0.39 is 97.5 Å². The van der Waals surface area contributed by atoms with Gasteiger partial charge in [0.15, 0.2) is 12.2 Å². The lowest BCUT2D eigenvalue weighted by molar-refractivity contribution is -0.161. The molecule has 0 aromatic heterocycles. The van der Waals surface area contributed by atoms with E-state index in [9.17, 15) is 43.2 Å². The molecule has 0 aliphatic rings. The maximum Gasteiger partial charge on any atom is 0.472 e. The molecule has 0 saturated heterocycles. The molecule has 0 saturated carbocycles. The summed E-state index contributed by atoms with van der Waals surface area (Å²) < 4.78 is 69.0. The van der Waals surface area contributed by atoms with Crippen LogP contribution in [-0.4, -0.2) is 96.7 Å². The Hall–Kier alpha value is -1.94. The molecular weight excluding hydrogens is 1430 g/mol. The summed E-state index contributed by atoms with van der Waals surface area (Å²) in [5.74, 6) is 0.372. The number of hydrogen-bond donors (Lipinski definition) is 3. The molecule has 0 fully saturated rings. The van der Waals surface area contributed by atoms with Crippen LogP contribution in [0.15, 0.2) is 0 Å². The lowest BCUT2D eigenvalue weighted by Crippen LogP contribution is -2.30. The molecule has 0 spiro atoms. The third-order valence-electron chi connectivity index (χ3n) is 22.1. The van der Waals surface area contributed by atoms with Gasteiger partial charge in [-0.15, -0.1) is 0 Å². The smallest absolute Gasteiger partial charge is 0.462 e. The van der Waals surface area contributed by atoms with Crippen molar-refractivity contribution in [3.05, 3.63) is 0 Å². The molecule has 0 bridgehead atoms. The first kappa shape index (κ1) is 108. The minimum Gasteiger partial charge on any atom is -0.462 e. The molecule has 7 atom stereocenters. The zero-order valence-electron chi connectivity index (χ0n) is 72.7. The van der Waals surface area contributed by atoms with Crippen LogP contribution in [0.4, 0.5) is 0 Å². The summed E-state index contributed by atoms with van der Waals surface area (Å²) in [6.45, 7) is 12.1. The third-order valence-corrected chi connectivity index (χ3v) is 24.0. The molecule has 110 heavy (non-hydrogen) atoms. The maximum atomic E-state index is 13.2. The number of ether oxygens (including phenoxy) is 4. The Morgan fingerprint density at radius 2 is 0.464 bits per heavy atom. The normalized spacial score (nSPS) is 14.3. The standard InChI is InChI=1S/C91H178O17P2/c1-8-11-12-13-14-15-16-17-26-34-39-44-53-60-67-74-91(96)108-87(79-102-89(94)73-66-59-52-47-46-48-55-62-69-82(4)5)81-106-110(99,100)104-77-85(92)76-103-109(97,98)105-80-86(107-90(95)75-68-61-54-45-40-35-30-25-21-19-23-28-32-37-42-50-57-64-71-84(7)10-3)78-101-88(93)72-65-58-51-43-38-33-29-24-20-18-22-27-31-36-41-49-56-63-70-83(6)9-2/h82-87,92H,8-81H2,1-7H3,(H,97,98)(H,99,100)/t83?,84?,85-,86-,87-/m1/s1. The largest absolute Gasteiger partial charge is 0.472 e. The van der Waals surface area contributed by atoms with Crippen LogP contribution in [0.2, 0.25) is 0 Å². The van der Waals surface area contributed by atoms with Crippen LogP contribution < -0.4 is 0 Å². The fourth-order valence-electron chi connectivity index (χ4n) is 14.2. The number of carbonyl (C=O) groups is 4. The fraction of sp³-hybridized carbons (Fsp3) is 0.956. The van der Waals surface area contributed by atoms with Crippen LogP contribution in [0, 0.1) is 17.8 Å². The van der Waals surface area contributed by atoms with Gasteiger partial charge in [-0.25, -0.2) is 9.13 Å². The van der Waals surface area contributed by atoms with E-state index in [1.165, 1.54) is 295 Å². The molecule has 0 rings (SSSR count). The first-order chi connectivity index (χ1) is 53.3. The molecule has 17 nitrogen and oxygen atoms in total. The zero-order chi connectivity index (χ0) is 80.8. The van der Waals surface area contributed by atoms with Gasteiger partial charge in [0.05, 0.1) is 26.4 Å². The first-order valence-corrected chi connectivity index (χ1v) is 49.9. The van der Waals surface area contributed by atoms with Crippen molar-refractivity contribution in [3.8, 4) is 0 Å². The molecule has 0 aromatic carbocycles. The summed E-state index contributed by atoms with van der Waals surface area (Å²) in [6.07, 6.45) is 73.6. The molecule has 0 radical (unpaired) electrons. The highest BCUT2D eigenvalue weighted by Gasteiger charge is 2.31. The van der Waals surface area contributed by atoms with Crippen LogP contribution in [0.5, 0.6) is 0 Å². The SMILES string of the molecule is CCCCCCCCCCCCCCCCCC(=O)O[C@H](COC(=O)CCCCCCCCCCC(C)C)COP(=O)(O)OC[C@H](O)COP(=O)(O)OC[C@@H](COC(=O)CCCCCCCCCCCCCCCCCCCCC(C)CC)OC(=O)CCCCCCCCCCCCCCCCCCCCC(C)CC. The van der Waals surface area contributed by atoms with Crippen molar-refractivity contribution in [2.24, 2.45) is 17.8 Å². The first-order valence-electron chi connectivity index (χ1n) is 46.9. The van der Waals surface area contributed by atoms with Crippen molar-refractivity contribution >= 4 is 39.5 Å². The Morgan fingerprint density at radius 1 is 0.264 bits per heavy atom. The minimum absolute atomic E-state index is 0.108. The molecule has 0 aromatic rings. The number of carbonyl (C=O) groups excluding carboxylic acids is 4. The lowest BCUT2D eigenvalue weighted by atomic mass is 9.99. The summed E-state index contributed by atoms with van der Waals surface area (Å²) in [7, 11) is -9.93. The van der Waals surface area contributed by atoms with E-state index in [4.69, 9.17) is 37.0 Å². The topological polar surface area (TPSA) is 237 Å². The van der Waals surface area contributed by atoms with Crippen LogP contribution >= 0.6 is 15.6 Å². The molecule has 0 aliphatic heterocycles. The van der Waals surface area contributed by atoms with Crippen molar-refractivity contribution in [2.45, 2.75) is 503 Å². The highest BCUT2D eigenvalue weighted by atomic mass is 31.2. The van der Waals surface area contributed by atoms with E-state index in [0.717, 1.165) is 108 Å². The van der Waals surface area contributed by atoms with Crippen LogP contribution in [0.3, 0.4) is 0 Å². The highest BCUT2D eigenvalue weighted by Crippen LogP contribution is 2.45. The molecule has 19 heteroatoms. The molecule has 3 N–H and O–H groups in total. The average molecular weight is 1610 g/mol. The van der Waals surface area contributed by atoms with Gasteiger partial charge < -0.3 is 33.8 Å². The van der Waals surface area contributed by atoms with E-state index >= 15 is 0 Å². The van der Waals surface area contributed by atoms with E-state index in [2.05, 4.69) is 48.5 Å². The lowest BCUT2D eigenvalue weighted by Gasteiger charge is -2.21. The van der Waals surface area contributed by atoms with E-state index in [-0.39, 0.29) is 25.7 Å². The van der Waals surface area contributed by atoms with E-state index in [1.54, 1.807) is 0 Å². The van der Waals surface area contributed by atoms with Crippen molar-refractivity contribution < 1.29 is 80.2 Å². The van der Waals surface area contributed by atoms with Gasteiger partial charge in [0.1, 0.15) is 19.3 Å². The Labute approximate surface area is 677 Å². The summed E-state index contributed by atoms with van der Waals surface area (Å²) in [5, 5.41) is 10.7. The monoisotopic (exact) mass is 1610 g/mol. The maximum absolute atomic E-state index is 13.2. The van der Waals surface area contributed by atoms with Gasteiger partial charge in [-0.1, -0.05) is 434 Å². The van der Waals surface area contributed by atoms with Crippen LogP contribution in [0.1, 0.15) is 485 Å². The van der Waals surface area contributed by atoms with Crippen molar-refractivity contribution in [1.82, 2.24) is 0 Å². The fourth-order valence-corrected chi connectivity index (χ4v) is 15.8. The average Bonchev–Trinajstić information content (AvgIpc) is 0.881. The van der Waals surface area contributed by atoms with Gasteiger partial charge in [-0.2, -0.15) is 0 Å². The summed E-state index contributed by atoms with van der Waals surface area (Å²) in [4.78, 5) is 73.4. The number of aliphatic hydroxyl groups excluding tert-OH is 1. The van der Waals surface area contributed by atoms with Gasteiger partial charge in [0.2, 0.25) is 0 Å². The predicted octanol–water partition coefficient (Wildman–Crippen LogP) is 28.0. The quantitative estimate of drug-likeness (QED) is 0.0222. The second kappa shape index (κ2) is 80.8. The molecule has 0 heterocycles. The van der Waals surface area contributed by atoms with Gasteiger partial charge in [0, 0.05) is 25.7 Å². The second-order valence-electron chi connectivity index (χ2n) is 33.7. The van der Waals surface area contributed by atoms with Gasteiger partial charge in [-0.3, -0.25) is 37.3 Å². The molecular formula is C91H178O17P2. The number of rotatable bonds is 89. The van der Waals surface area contributed by atoms with Crippen LogP contribution in [-0.2, 0) is 65.4 Å². The molecule has 4 unspecified atom stereocenters. The second-order valence-corrected chi connectivity index (χ2v) is 36.6. The van der Waals surface area contributed by atoms with Crippen LogP contribution in [0.25, 0.3) is 0 Å². The molecule has 0 aliphatic carbocycles. The zero-order valence-corrected chi connectivity index (χ0v) is 74.5. The van der Waals surface area contributed by atoms with Gasteiger partial charge in [0.25, 0.3) is 0 Å². The Kier molecular flexibility index (Phi) is 79.4. The molecule has 0 amide bonds. The predicted molar refractivity (Wildman–Crippen MR) is 455 cm³/mol. The Morgan fingerprint density at radius 3 is 0.691 bits per heavy atom. The summed E-state index contributed by atoms with van der Waals surface area (Å²) in [5.41, 5.74) is 0. The van der Waals surface area contributed by atoms with Gasteiger partial charge >= 0.3 is 39.5 Å². The van der Waals surface area contributed by atoms with Crippen molar-refractivity contribution in [3.63, 3.8) is 0 Å². The third kappa shape index (κ3) is 81.2. The number of phosphoric acid groups is 2.